The summed E-state index contributed by atoms with van der Waals surface area (Å²) in [5, 5.41) is 71.7. The van der Waals surface area contributed by atoms with E-state index in [4.69, 9.17) is 28.4 Å². The van der Waals surface area contributed by atoms with Gasteiger partial charge in [0, 0.05) is 12.8 Å². The molecule has 2 saturated heterocycles. The Balaban J connectivity index is 1.90. The summed E-state index contributed by atoms with van der Waals surface area (Å²) in [7, 11) is 0. The van der Waals surface area contributed by atoms with Gasteiger partial charge in [0.25, 0.3) is 0 Å². The predicted octanol–water partition coefficient (Wildman–Crippen LogP) is 3.98. The van der Waals surface area contributed by atoms with Gasteiger partial charge in [0.2, 0.25) is 0 Å². The minimum absolute atomic E-state index is 0.119. The Bertz CT molecular complexity index is 1220. The van der Waals surface area contributed by atoms with Crippen LogP contribution < -0.4 is 0 Å². The normalized spacial score (nSPS) is 28.3. The summed E-state index contributed by atoms with van der Waals surface area (Å²) in [6.07, 6.45) is 14.6. The van der Waals surface area contributed by atoms with Crippen molar-refractivity contribution < 1.29 is 73.8 Å². The number of aliphatic hydroxyl groups excluding tert-OH is 7. The molecule has 15 heteroatoms. The second-order valence-electron chi connectivity index (χ2n) is 15.2. The summed E-state index contributed by atoms with van der Waals surface area (Å²) < 4.78 is 33.3. The van der Waals surface area contributed by atoms with E-state index in [1.165, 1.54) is 38.5 Å². The first kappa shape index (κ1) is 52.6. The van der Waals surface area contributed by atoms with Crippen LogP contribution in [0.25, 0.3) is 0 Å². The largest absolute Gasteiger partial charge is 0.462 e. The van der Waals surface area contributed by atoms with Crippen molar-refractivity contribution in [3.05, 3.63) is 48.6 Å². The minimum Gasteiger partial charge on any atom is -0.462 e. The minimum atomic E-state index is -1.77. The highest BCUT2D eigenvalue weighted by atomic mass is 16.7. The van der Waals surface area contributed by atoms with Crippen molar-refractivity contribution in [3.8, 4) is 0 Å². The van der Waals surface area contributed by atoms with Gasteiger partial charge in [0.1, 0.15) is 55.4 Å². The Morgan fingerprint density at radius 3 is 1.68 bits per heavy atom. The van der Waals surface area contributed by atoms with Crippen LogP contribution >= 0.6 is 0 Å². The first-order chi connectivity index (χ1) is 28.5. The summed E-state index contributed by atoms with van der Waals surface area (Å²) in [6.45, 7) is 2.35. The maximum atomic E-state index is 12.9. The average molecular weight is 843 g/mol. The lowest BCUT2D eigenvalue weighted by Gasteiger charge is -2.42. The van der Waals surface area contributed by atoms with Crippen LogP contribution in [0.5, 0.6) is 0 Å². The molecule has 2 fully saturated rings. The number of rotatable bonds is 31. The standard InChI is InChI=1S/C44H74O15/c1-3-5-7-9-11-13-15-16-17-19-21-23-25-27-36(47)57-32(29-54-35(46)26-24-22-20-18-14-12-10-8-6-4-2)30-55-43-42(53)40(51)38(49)34(59-43)31-56-44-41(52)39(50)37(48)33(28-45)58-44/h5,7,9,11,13,15-17,32-34,37-45,48-53H,3-4,6,8,10,12,14,18-31H2,1-2H3/b7-5+,11-9+,15-13+,17-16+/t32?,33-,34-,37+,38+,39?,40?,41?,42?,43-,44-/m1/s1. The number of hydrogen-bond donors (Lipinski definition) is 7. The zero-order valence-electron chi connectivity index (χ0n) is 35.2. The molecule has 0 aliphatic carbocycles. The smallest absolute Gasteiger partial charge is 0.306 e. The molecule has 0 amide bonds. The van der Waals surface area contributed by atoms with E-state index in [9.17, 15) is 45.3 Å². The number of aliphatic hydroxyl groups is 7. The van der Waals surface area contributed by atoms with Gasteiger partial charge in [-0.1, -0.05) is 127 Å². The molecule has 5 unspecified atom stereocenters. The molecule has 0 saturated carbocycles. The third-order valence-electron chi connectivity index (χ3n) is 10.2. The van der Waals surface area contributed by atoms with Gasteiger partial charge in [-0.3, -0.25) is 9.59 Å². The van der Waals surface area contributed by atoms with E-state index in [2.05, 4.69) is 26.0 Å². The first-order valence-electron chi connectivity index (χ1n) is 21.8. The van der Waals surface area contributed by atoms with Crippen molar-refractivity contribution in [2.24, 2.45) is 0 Å². The lowest BCUT2D eigenvalue weighted by Crippen LogP contribution is -2.61. The van der Waals surface area contributed by atoms with Gasteiger partial charge in [-0.05, 0) is 32.1 Å². The number of esters is 2. The van der Waals surface area contributed by atoms with E-state index < -0.39 is 99.3 Å². The van der Waals surface area contributed by atoms with Gasteiger partial charge in [0.15, 0.2) is 18.7 Å². The number of hydrogen-bond acceptors (Lipinski definition) is 15. The Kier molecular flexibility index (Phi) is 28.7. The van der Waals surface area contributed by atoms with E-state index in [1.54, 1.807) is 0 Å². The molecule has 340 valence electrons. The highest BCUT2D eigenvalue weighted by molar-refractivity contribution is 5.70. The Morgan fingerprint density at radius 1 is 0.559 bits per heavy atom. The van der Waals surface area contributed by atoms with Crippen LogP contribution in [0.3, 0.4) is 0 Å². The van der Waals surface area contributed by atoms with Crippen LogP contribution in [0.2, 0.25) is 0 Å². The van der Waals surface area contributed by atoms with Crippen molar-refractivity contribution in [1.29, 1.82) is 0 Å². The summed E-state index contributed by atoms with van der Waals surface area (Å²) in [5.41, 5.74) is 0. The average Bonchev–Trinajstić information content (AvgIpc) is 3.23. The zero-order chi connectivity index (χ0) is 43.3. The van der Waals surface area contributed by atoms with E-state index in [0.29, 0.717) is 12.8 Å². The van der Waals surface area contributed by atoms with Crippen LogP contribution in [0.15, 0.2) is 48.6 Å². The molecule has 0 aromatic rings. The quantitative estimate of drug-likeness (QED) is 0.0297. The van der Waals surface area contributed by atoms with Crippen molar-refractivity contribution >= 4 is 11.9 Å². The fourth-order valence-corrected chi connectivity index (χ4v) is 6.52. The molecule has 11 atom stereocenters. The Hall–Kier alpha value is -2.54. The van der Waals surface area contributed by atoms with Crippen molar-refractivity contribution in [2.45, 2.75) is 191 Å². The molecule has 0 aromatic carbocycles. The third-order valence-corrected chi connectivity index (χ3v) is 10.2. The molecule has 0 aromatic heterocycles. The number of unbranched alkanes of at least 4 members (excludes halogenated alkanes) is 12. The van der Waals surface area contributed by atoms with E-state index in [-0.39, 0.29) is 19.4 Å². The van der Waals surface area contributed by atoms with Crippen LogP contribution in [0.1, 0.15) is 123 Å². The second kappa shape index (κ2) is 32.2. The monoisotopic (exact) mass is 843 g/mol. The summed E-state index contributed by atoms with van der Waals surface area (Å²) >= 11 is 0. The first-order valence-corrected chi connectivity index (χ1v) is 21.8. The topological polar surface area (TPSA) is 231 Å². The van der Waals surface area contributed by atoms with Gasteiger partial charge >= 0.3 is 11.9 Å². The van der Waals surface area contributed by atoms with Gasteiger partial charge < -0.3 is 64.2 Å². The summed E-state index contributed by atoms with van der Waals surface area (Å²) in [5.74, 6) is -0.978. The van der Waals surface area contributed by atoms with E-state index in [1.807, 2.05) is 36.5 Å². The van der Waals surface area contributed by atoms with Crippen LogP contribution in [-0.4, -0.2) is 142 Å². The number of carbonyl (C=O) groups excluding carboxylic acids is 2. The molecule has 7 N–H and O–H groups in total. The highest BCUT2D eigenvalue weighted by Crippen LogP contribution is 2.26. The molecular formula is C44H74O15. The van der Waals surface area contributed by atoms with E-state index >= 15 is 0 Å². The van der Waals surface area contributed by atoms with Gasteiger partial charge in [-0.25, -0.2) is 0 Å². The Labute approximate surface area is 350 Å². The number of ether oxygens (including phenoxy) is 6. The molecule has 2 aliphatic heterocycles. The lowest BCUT2D eigenvalue weighted by atomic mass is 9.98. The lowest BCUT2D eigenvalue weighted by molar-refractivity contribution is -0.332. The molecule has 0 radical (unpaired) electrons. The van der Waals surface area contributed by atoms with Crippen LogP contribution in [0, 0.1) is 0 Å². The molecule has 15 nitrogen and oxygen atoms in total. The summed E-state index contributed by atoms with van der Waals surface area (Å²) in [6, 6.07) is 0. The molecule has 59 heavy (non-hydrogen) atoms. The SMILES string of the molecule is CC/C=C/C=C/C=C/C=C/CCCCCC(=O)OC(COC(=O)CCCCCCCCCCCC)CO[C@@H]1O[C@H](CO[C@@H]2O[C@H](CO)[C@H](O)C(O)C2O)[C@H](O)C(O)C1O. The fourth-order valence-electron chi connectivity index (χ4n) is 6.52. The van der Waals surface area contributed by atoms with Gasteiger partial charge in [-0.15, -0.1) is 0 Å². The fraction of sp³-hybridized carbons (Fsp3) is 0.773. The molecule has 0 spiro atoms. The summed E-state index contributed by atoms with van der Waals surface area (Å²) in [4.78, 5) is 25.5. The highest BCUT2D eigenvalue weighted by Gasteiger charge is 2.47. The molecular weight excluding hydrogens is 768 g/mol. The molecule has 2 heterocycles. The van der Waals surface area contributed by atoms with Crippen LogP contribution in [0.4, 0.5) is 0 Å². The van der Waals surface area contributed by atoms with Gasteiger partial charge in [0.05, 0.1) is 19.8 Å². The zero-order valence-corrected chi connectivity index (χ0v) is 35.2. The second-order valence-corrected chi connectivity index (χ2v) is 15.2. The molecule has 0 bridgehead atoms. The number of allylic oxidation sites excluding steroid dienone is 8. The molecule has 2 aliphatic rings. The number of carbonyl (C=O) groups is 2. The van der Waals surface area contributed by atoms with Crippen LogP contribution in [-0.2, 0) is 38.0 Å². The van der Waals surface area contributed by atoms with Crippen molar-refractivity contribution in [3.63, 3.8) is 0 Å². The maximum absolute atomic E-state index is 12.9. The van der Waals surface area contributed by atoms with Gasteiger partial charge in [-0.2, -0.15) is 0 Å². The Morgan fingerprint density at radius 2 is 1.07 bits per heavy atom. The van der Waals surface area contributed by atoms with Crippen molar-refractivity contribution in [1.82, 2.24) is 0 Å². The van der Waals surface area contributed by atoms with Crippen molar-refractivity contribution in [2.75, 3.05) is 26.4 Å². The molecule has 2 rings (SSSR count). The third kappa shape index (κ3) is 21.7. The predicted molar refractivity (Wildman–Crippen MR) is 220 cm³/mol. The van der Waals surface area contributed by atoms with E-state index in [0.717, 1.165) is 44.9 Å². The maximum Gasteiger partial charge on any atom is 0.306 e.